The van der Waals surface area contributed by atoms with E-state index < -0.39 is 0 Å². The van der Waals surface area contributed by atoms with E-state index in [9.17, 15) is 0 Å². The summed E-state index contributed by atoms with van der Waals surface area (Å²) >= 11 is 0. The lowest BCUT2D eigenvalue weighted by Gasteiger charge is -2.32. The average molecular weight is 164 g/mol. The Labute approximate surface area is 76.4 Å². The normalized spacial score (nSPS) is 20.8. The molecule has 0 N–H and O–H groups in total. The van der Waals surface area contributed by atoms with Crippen molar-refractivity contribution < 1.29 is 0 Å². The molecule has 0 aromatic heterocycles. The van der Waals surface area contributed by atoms with E-state index in [0.29, 0.717) is 5.41 Å². The van der Waals surface area contributed by atoms with E-state index in [1.807, 2.05) is 0 Å². The van der Waals surface area contributed by atoms with Gasteiger partial charge in [0, 0.05) is 0 Å². The Morgan fingerprint density at radius 2 is 2.08 bits per heavy atom. The number of allylic oxidation sites excluding steroid dienone is 4. The van der Waals surface area contributed by atoms with Crippen molar-refractivity contribution in [1.82, 2.24) is 0 Å². The maximum absolute atomic E-state index is 2.42. The van der Waals surface area contributed by atoms with Crippen molar-refractivity contribution in [3.05, 3.63) is 23.8 Å². The highest BCUT2D eigenvalue weighted by molar-refractivity contribution is 5.21. The van der Waals surface area contributed by atoms with Crippen LogP contribution in [0.1, 0.15) is 46.5 Å². The fourth-order valence-corrected chi connectivity index (χ4v) is 1.82. The lowest BCUT2D eigenvalue weighted by atomic mass is 9.73. The summed E-state index contributed by atoms with van der Waals surface area (Å²) in [5.74, 6) is 0. The lowest BCUT2D eigenvalue weighted by Crippen LogP contribution is -2.18. The van der Waals surface area contributed by atoms with Crippen LogP contribution < -0.4 is 0 Å². The van der Waals surface area contributed by atoms with Crippen LogP contribution in [0.4, 0.5) is 0 Å². The van der Waals surface area contributed by atoms with Crippen molar-refractivity contribution in [2.75, 3.05) is 0 Å². The first-order valence-corrected chi connectivity index (χ1v) is 4.99. The van der Waals surface area contributed by atoms with Gasteiger partial charge in [-0.3, -0.25) is 0 Å². The number of hydrogen-bond acceptors (Lipinski definition) is 0. The Bertz CT molecular complexity index is 194. The first kappa shape index (κ1) is 9.57. The van der Waals surface area contributed by atoms with Crippen LogP contribution in [-0.4, -0.2) is 0 Å². The van der Waals surface area contributed by atoms with Gasteiger partial charge in [0.25, 0.3) is 0 Å². The summed E-state index contributed by atoms with van der Waals surface area (Å²) in [6, 6.07) is 0. The lowest BCUT2D eigenvalue weighted by molar-refractivity contribution is 0.408. The maximum Gasteiger partial charge on any atom is -0.0135 e. The smallest absolute Gasteiger partial charge is 0.0135 e. The van der Waals surface area contributed by atoms with Gasteiger partial charge in [-0.25, -0.2) is 0 Å². The average Bonchev–Trinajstić information content (AvgIpc) is 1.94. The second-order valence-corrected chi connectivity index (χ2v) is 4.39. The summed E-state index contributed by atoms with van der Waals surface area (Å²) in [4.78, 5) is 0. The van der Waals surface area contributed by atoms with E-state index in [-0.39, 0.29) is 0 Å². The Hall–Kier alpha value is -0.520. The summed E-state index contributed by atoms with van der Waals surface area (Å²) in [6.07, 6.45) is 12.0. The molecule has 0 saturated heterocycles. The minimum absolute atomic E-state index is 0.504. The molecule has 0 unspecified atom stereocenters. The molecule has 1 rings (SSSR count). The molecule has 12 heavy (non-hydrogen) atoms. The molecule has 0 radical (unpaired) electrons. The van der Waals surface area contributed by atoms with Crippen molar-refractivity contribution in [1.29, 1.82) is 0 Å². The molecule has 0 fully saturated rings. The first-order valence-electron chi connectivity index (χ1n) is 4.99. The molecular formula is C12H20. The second kappa shape index (κ2) is 3.93. The summed E-state index contributed by atoms with van der Waals surface area (Å²) in [6.45, 7) is 6.79. The molecule has 0 bridgehead atoms. The van der Waals surface area contributed by atoms with Crippen LogP contribution >= 0.6 is 0 Å². The van der Waals surface area contributed by atoms with Crippen LogP contribution in [0.2, 0.25) is 0 Å². The van der Waals surface area contributed by atoms with Crippen molar-refractivity contribution in [2.45, 2.75) is 46.5 Å². The zero-order chi connectivity index (χ0) is 9.03. The van der Waals surface area contributed by atoms with Gasteiger partial charge >= 0.3 is 0 Å². The minimum Gasteiger partial charge on any atom is -0.0888 e. The highest BCUT2D eigenvalue weighted by atomic mass is 14.3. The maximum atomic E-state index is 2.42. The zero-order valence-electron chi connectivity index (χ0n) is 8.56. The van der Waals surface area contributed by atoms with Gasteiger partial charge in [-0.2, -0.15) is 0 Å². The number of rotatable bonds is 4. The van der Waals surface area contributed by atoms with Crippen LogP contribution in [-0.2, 0) is 0 Å². The third-order valence-corrected chi connectivity index (χ3v) is 2.31. The molecule has 0 heteroatoms. The molecule has 0 heterocycles. The van der Waals surface area contributed by atoms with Crippen molar-refractivity contribution >= 4 is 0 Å². The highest BCUT2D eigenvalue weighted by Crippen LogP contribution is 2.39. The molecule has 0 aromatic carbocycles. The number of hydrogen-bond donors (Lipinski definition) is 0. The third-order valence-electron chi connectivity index (χ3n) is 2.31. The van der Waals surface area contributed by atoms with E-state index in [4.69, 9.17) is 0 Å². The van der Waals surface area contributed by atoms with Crippen LogP contribution in [0, 0.1) is 5.41 Å². The van der Waals surface area contributed by atoms with Crippen molar-refractivity contribution in [3.63, 3.8) is 0 Å². The molecule has 0 aliphatic heterocycles. The molecule has 0 nitrogen and oxygen atoms in total. The quantitative estimate of drug-likeness (QED) is 0.549. The van der Waals surface area contributed by atoms with E-state index in [2.05, 4.69) is 39.0 Å². The summed E-state index contributed by atoms with van der Waals surface area (Å²) in [5.41, 5.74) is 2.16. The first-order chi connectivity index (χ1) is 5.64. The summed E-state index contributed by atoms with van der Waals surface area (Å²) < 4.78 is 0. The fraction of sp³-hybridized carbons (Fsp3) is 0.667. The van der Waals surface area contributed by atoms with Gasteiger partial charge < -0.3 is 0 Å². The largest absolute Gasteiger partial charge is 0.0888 e. The van der Waals surface area contributed by atoms with E-state index in [0.717, 1.165) is 0 Å². The molecule has 1 aliphatic carbocycles. The van der Waals surface area contributed by atoms with Crippen molar-refractivity contribution in [3.8, 4) is 0 Å². The fourth-order valence-electron chi connectivity index (χ4n) is 1.82. The van der Waals surface area contributed by atoms with Gasteiger partial charge in [-0.15, -0.1) is 0 Å². The zero-order valence-corrected chi connectivity index (χ0v) is 8.56. The SMILES string of the molecule is CCC=CCCC1=CC(C)(C)C1. The van der Waals surface area contributed by atoms with Crippen molar-refractivity contribution in [2.24, 2.45) is 5.41 Å². The monoisotopic (exact) mass is 164 g/mol. The van der Waals surface area contributed by atoms with Gasteiger partial charge in [0.05, 0.1) is 0 Å². The van der Waals surface area contributed by atoms with E-state index in [1.165, 1.54) is 25.7 Å². The Morgan fingerprint density at radius 3 is 2.58 bits per heavy atom. The van der Waals surface area contributed by atoms with Gasteiger partial charge in [-0.05, 0) is 31.1 Å². The van der Waals surface area contributed by atoms with Crippen LogP contribution in [0.3, 0.4) is 0 Å². The van der Waals surface area contributed by atoms with Gasteiger partial charge in [-0.1, -0.05) is 44.6 Å². The Kier molecular flexibility index (Phi) is 3.13. The van der Waals surface area contributed by atoms with Crippen LogP contribution in [0.15, 0.2) is 23.8 Å². The third kappa shape index (κ3) is 2.84. The van der Waals surface area contributed by atoms with E-state index >= 15 is 0 Å². The second-order valence-electron chi connectivity index (χ2n) is 4.39. The summed E-state index contributed by atoms with van der Waals surface area (Å²) in [5, 5.41) is 0. The van der Waals surface area contributed by atoms with Gasteiger partial charge in [0.15, 0.2) is 0 Å². The highest BCUT2D eigenvalue weighted by Gasteiger charge is 2.25. The summed E-state index contributed by atoms with van der Waals surface area (Å²) in [7, 11) is 0. The van der Waals surface area contributed by atoms with Gasteiger partial charge in [0.1, 0.15) is 0 Å². The molecule has 68 valence electrons. The predicted octanol–water partition coefficient (Wildman–Crippen LogP) is 4.09. The molecular weight excluding hydrogens is 144 g/mol. The molecule has 0 saturated carbocycles. The Balaban J connectivity index is 2.15. The predicted molar refractivity (Wildman–Crippen MR) is 55.1 cm³/mol. The minimum atomic E-state index is 0.504. The van der Waals surface area contributed by atoms with E-state index in [1.54, 1.807) is 5.57 Å². The topological polar surface area (TPSA) is 0 Å². The molecule has 1 aliphatic rings. The van der Waals surface area contributed by atoms with Gasteiger partial charge in [0.2, 0.25) is 0 Å². The standard InChI is InChI=1S/C12H20/c1-4-5-6-7-8-11-9-12(2,3)10-11/h5-6,9H,4,7-8,10H2,1-3H3. The molecule has 0 spiro atoms. The van der Waals surface area contributed by atoms with Crippen LogP contribution in [0.5, 0.6) is 0 Å². The molecule has 0 amide bonds. The molecule has 0 aromatic rings. The molecule has 0 atom stereocenters. The van der Waals surface area contributed by atoms with Crippen LogP contribution in [0.25, 0.3) is 0 Å². The Morgan fingerprint density at radius 1 is 1.42 bits per heavy atom.